The van der Waals surface area contributed by atoms with Crippen LogP contribution in [0.25, 0.3) is 0 Å². The average Bonchev–Trinajstić information content (AvgIpc) is 2.24. The minimum Gasteiger partial charge on any atom is -0.301 e. The van der Waals surface area contributed by atoms with Gasteiger partial charge in [0.1, 0.15) is 6.17 Å². The van der Waals surface area contributed by atoms with E-state index in [9.17, 15) is 4.39 Å². The van der Waals surface area contributed by atoms with Crippen molar-refractivity contribution in [3.63, 3.8) is 0 Å². The van der Waals surface area contributed by atoms with Crippen LogP contribution in [0.15, 0.2) is 0 Å². The highest BCUT2D eigenvalue weighted by molar-refractivity contribution is 4.90. The number of alkyl halides is 1. The number of hydrogen-bond acceptors (Lipinski definition) is 2. The lowest BCUT2D eigenvalue weighted by molar-refractivity contribution is 0.0174. The number of halogens is 1. The molecule has 0 aromatic carbocycles. The van der Waals surface area contributed by atoms with Crippen molar-refractivity contribution in [3.8, 4) is 0 Å². The van der Waals surface area contributed by atoms with Crippen molar-refractivity contribution in [2.24, 2.45) is 0 Å². The van der Waals surface area contributed by atoms with Crippen molar-refractivity contribution in [3.05, 3.63) is 0 Å². The van der Waals surface area contributed by atoms with Crippen LogP contribution in [-0.4, -0.2) is 54.2 Å². The van der Waals surface area contributed by atoms with E-state index in [4.69, 9.17) is 0 Å². The minimum atomic E-state index is -0.525. The van der Waals surface area contributed by atoms with Gasteiger partial charge in [-0.3, -0.25) is 0 Å². The summed E-state index contributed by atoms with van der Waals surface area (Å²) in [5, 5.41) is 0. The monoisotopic (exact) mass is 228 g/mol. The summed E-state index contributed by atoms with van der Waals surface area (Å²) in [6.07, 6.45) is 3.51. The second-order valence-electron chi connectivity index (χ2n) is 5.75. The summed E-state index contributed by atoms with van der Waals surface area (Å²) in [5.41, 5.74) is 0. The maximum atomic E-state index is 12.8. The van der Waals surface area contributed by atoms with Gasteiger partial charge in [-0.1, -0.05) is 0 Å². The maximum Gasteiger partial charge on any atom is 0.103 e. The zero-order chi connectivity index (χ0) is 11.7. The topological polar surface area (TPSA) is 6.48 Å². The van der Waals surface area contributed by atoms with E-state index in [2.05, 4.69) is 30.7 Å². The zero-order valence-electron chi connectivity index (χ0n) is 10.8. The predicted molar refractivity (Wildman–Crippen MR) is 65.4 cm³/mol. The summed E-state index contributed by atoms with van der Waals surface area (Å²) in [6, 6.07) is 1.88. The lowest BCUT2D eigenvalue weighted by Gasteiger charge is -2.45. The summed E-state index contributed by atoms with van der Waals surface area (Å²) in [7, 11) is 2.19. The molecule has 0 radical (unpaired) electrons. The Morgan fingerprint density at radius 1 is 1.12 bits per heavy atom. The van der Waals surface area contributed by atoms with E-state index in [1.165, 1.54) is 25.9 Å². The highest BCUT2D eigenvalue weighted by Crippen LogP contribution is 2.31. The van der Waals surface area contributed by atoms with Crippen molar-refractivity contribution in [1.29, 1.82) is 0 Å². The van der Waals surface area contributed by atoms with Crippen molar-refractivity contribution in [2.75, 3.05) is 20.1 Å². The Labute approximate surface area is 98.8 Å². The van der Waals surface area contributed by atoms with Crippen LogP contribution in [0.4, 0.5) is 4.39 Å². The molecular formula is C13H25FN2. The SMILES string of the molecule is CC(C)N1CCC(N(C)C2CC(F)C2)CC1. The quantitative estimate of drug-likeness (QED) is 0.731. The van der Waals surface area contributed by atoms with Crippen molar-refractivity contribution in [1.82, 2.24) is 9.80 Å². The van der Waals surface area contributed by atoms with Crippen molar-refractivity contribution in [2.45, 2.75) is 63.8 Å². The number of hydrogen-bond donors (Lipinski definition) is 0. The van der Waals surface area contributed by atoms with Gasteiger partial charge in [-0.25, -0.2) is 4.39 Å². The summed E-state index contributed by atoms with van der Waals surface area (Å²) < 4.78 is 12.8. The maximum absolute atomic E-state index is 12.8. The molecule has 0 spiro atoms. The molecule has 94 valence electrons. The molecule has 0 unspecified atom stereocenters. The van der Waals surface area contributed by atoms with Gasteiger partial charge in [0.25, 0.3) is 0 Å². The third-order valence-corrected chi connectivity index (χ3v) is 4.44. The van der Waals surface area contributed by atoms with Crippen molar-refractivity contribution < 1.29 is 4.39 Å². The summed E-state index contributed by atoms with van der Waals surface area (Å²) in [6.45, 7) is 6.95. The Bertz CT molecular complexity index is 218. The van der Waals surface area contributed by atoms with Gasteiger partial charge in [-0.2, -0.15) is 0 Å². The van der Waals surface area contributed by atoms with Crippen LogP contribution < -0.4 is 0 Å². The normalized spacial score (nSPS) is 33.4. The highest BCUT2D eigenvalue weighted by atomic mass is 19.1. The number of piperidine rings is 1. The van der Waals surface area contributed by atoms with Gasteiger partial charge in [-0.15, -0.1) is 0 Å². The van der Waals surface area contributed by atoms with E-state index in [0.29, 0.717) is 18.1 Å². The fourth-order valence-electron chi connectivity index (χ4n) is 2.96. The van der Waals surface area contributed by atoms with E-state index >= 15 is 0 Å². The number of likely N-dealkylation sites (tertiary alicyclic amines) is 1. The Hall–Kier alpha value is -0.150. The summed E-state index contributed by atoms with van der Waals surface area (Å²) in [5.74, 6) is 0. The summed E-state index contributed by atoms with van der Waals surface area (Å²) >= 11 is 0. The van der Waals surface area contributed by atoms with Crippen LogP contribution in [0.2, 0.25) is 0 Å². The van der Waals surface area contributed by atoms with Gasteiger partial charge < -0.3 is 9.80 Å². The van der Waals surface area contributed by atoms with E-state index in [1.807, 2.05) is 0 Å². The molecule has 1 saturated carbocycles. The molecule has 1 heterocycles. The second-order valence-corrected chi connectivity index (χ2v) is 5.75. The molecule has 2 rings (SSSR count). The highest BCUT2D eigenvalue weighted by Gasteiger charge is 2.35. The Balaban J connectivity index is 1.76. The first-order valence-corrected chi connectivity index (χ1v) is 6.68. The molecule has 2 fully saturated rings. The molecular weight excluding hydrogens is 203 g/mol. The molecule has 1 aliphatic carbocycles. The Kier molecular flexibility index (Phi) is 3.85. The molecule has 3 heteroatoms. The molecule has 0 amide bonds. The van der Waals surface area contributed by atoms with Crippen molar-refractivity contribution >= 4 is 0 Å². The lowest BCUT2D eigenvalue weighted by atomic mass is 9.87. The number of nitrogens with zero attached hydrogens (tertiary/aromatic N) is 2. The first-order valence-electron chi connectivity index (χ1n) is 6.68. The third-order valence-electron chi connectivity index (χ3n) is 4.44. The molecule has 2 nitrogen and oxygen atoms in total. The van der Waals surface area contributed by atoms with Crippen LogP contribution in [-0.2, 0) is 0 Å². The molecule has 16 heavy (non-hydrogen) atoms. The van der Waals surface area contributed by atoms with E-state index in [1.54, 1.807) is 0 Å². The van der Waals surface area contributed by atoms with Gasteiger partial charge >= 0.3 is 0 Å². The average molecular weight is 228 g/mol. The smallest absolute Gasteiger partial charge is 0.103 e. The molecule has 0 aromatic rings. The van der Waals surface area contributed by atoms with E-state index < -0.39 is 6.17 Å². The third kappa shape index (κ3) is 2.57. The van der Waals surface area contributed by atoms with E-state index in [0.717, 1.165) is 12.8 Å². The molecule has 1 saturated heterocycles. The first kappa shape index (κ1) is 12.3. The van der Waals surface area contributed by atoms with Crippen LogP contribution >= 0.6 is 0 Å². The van der Waals surface area contributed by atoms with Gasteiger partial charge in [0.05, 0.1) is 0 Å². The lowest BCUT2D eigenvalue weighted by Crippen LogP contribution is -2.52. The van der Waals surface area contributed by atoms with Gasteiger partial charge in [0.15, 0.2) is 0 Å². The standard InChI is InChI=1S/C13H25FN2/c1-10(2)16-6-4-12(5-7-16)15(3)13-8-11(14)9-13/h10-13H,4-9H2,1-3H3. The molecule has 0 bridgehead atoms. The van der Waals surface area contributed by atoms with Gasteiger partial charge in [0, 0.05) is 18.1 Å². The van der Waals surface area contributed by atoms with Crippen LogP contribution in [0.3, 0.4) is 0 Å². The fraction of sp³-hybridized carbons (Fsp3) is 1.00. The predicted octanol–water partition coefficient (Wildman–Crippen LogP) is 2.29. The first-order chi connectivity index (χ1) is 7.58. The Morgan fingerprint density at radius 3 is 2.12 bits per heavy atom. The molecule has 0 N–H and O–H groups in total. The summed E-state index contributed by atoms with van der Waals surface area (Å²) in [4.78, 5) is 4.98. The van der Waals surface area contributed by atoms with Gasteiger partial charge in [0.2, 0.25) is 0 Å². The zero-order valence-corrected chi connectivity index (χ0v) is 10.8. The molecule has 2 aliphatic rings. The molecule has 1 aliphatic heterocycles. The number of rotatable bonds is 3. The molecule has 0 aromatic heterocycles. The minimum absolute atomic E-state index is 0.519. The van der Waals surface area contributed by atoms with Crippen LogP contribution in [0.1, 0.15) is 39.5 Å². The molecule has 0 atom stereocenters. The second kappa shape index (κ2) is 5.01. The van der Waals surface area contributed by atoms with Crippen LogP contribution in [0, 0.1) is 0 Å². The fourth-order valence-corrected chi connectivity index (χ4v) is 2.96. The largest absolute Gasteiger partial charge is 0.301 e. The van der Waals surface area contributed by atoms with Crippen LogP contribution in [0.5, 0.6) is 0 Å². The van der Waals surface area contributed by atoms with Gasteiger partial charge in [-0.05, 0) is 59.7 Å². The van der Waals surface area contributed by atoms with E-state index in [-0.39, 0.29) is 0 Å². The Morgan fingerprint density at radius 2 is 1.69 bits per heavy atom.